The van der Waals surface area contributed by atoms with Crippen molar-refractivity contribution in [2.24, 2.45) is 0 Å². The number of aryl methyl sites for hydroxylation is 1. The van der Waals surface area contributed by atoms with Crippen LogP contribution in [0.4, 0.5) is 0 Å². The molecule has 166 valence electrons. The van der Waals surface area contributed by atoms with Crippen LogP contribution in [0.1, 0.15) is 27.0 Å². The summed E-state index contributed by atoms with van der Waals surface area (Å²) in [6.07, 6.45) is 1.78. The zero-order chi connectivity index (χ0) is 23.2. The fourth-order valence-corrected chi connectivity index (χ4v) is 4.50. The molecule has 2 amide bonds. The quantitative estimate of drug-likeness (QED) is 0.637. The Kier molecular flexibility index (Phi) is 4.89. The van der Waals surface area contributed by atoms with Crippen molar-refractivity contribution in [3.8, 4) is 17.0 Å². The molecular weight excluding hydrogens is 416 g/mol. The van der Waals surface area contributed by atoms with E-state index in [1.807, 2.05) is 55.5 Å². The van der Waals surface area contributed by atoms with Crippen LogP contribution in [0.15, 0.2) is 73.2 Å². The summed E-state index contributed by atoms with van der Waals surface area (Å²) in [5.74, 6) is 0.672. The smallest absolute Gasteiger partial charge is 0.257 e. The lowest BCUT2D eigenvalue weighted by molar-refractivity contribution is -0.124. The minimum atomic E-state index is -1.14. The molecule has 3 aromatic rings. The predicted molar refractivity (Wildman–Crippen MR) is 124 cm³/mol. The molecule has 2 N–H and O–H groups in total. The molecule has 33 heavy (non-hydrogen) atoms. The first-order chi connectivity index (χ1) is 15.9. The molecule has 0 saturated carbocycles. The SMILES string of the molecule is C=C1NC(=O)[C@](CN2Cc3ccc(OC)cc3C2=O)(c2ccc(-c3cc(C)ccn3)cc2)N1. The minimum absolute atomic E-state index is 0.129. The van der Waals surface area contributed by atoms with Gasteiger partial charge in [0.05, 0.1) is 25.2 Å². The summed E-state index contributed by atoms with van der Waals surface area (Å²) in [6.45, 7) is 6.49. The van der Waals surface area contributed by atoms with E-state index < -0.39 is 5.54 Å². The zero-order valence-electron chi connectivity index (χ0n) is 18.5. The number of methoxy groups -OCH3 is 1. The fraction of sp³-hybridized carbons (Fsp3) is 0.192. The number of carbonyl (C=O) groups excluding carboxylic acids is 2. The van der Waals surface area contributed by atoms with Gasteiger partial charge in [0.2, 0.25) is 0 Å². The highest BCUT2D eigenvalue weighted by Gasteiger charge is 2.48. The topological polar surface area (TPSA) is 83.6 Å². The highest BCUT2D eigenvalue weighted by molar-refractivity contribution is 6.00. The summed E-state index contributed by atoms with van der Waals surface area (Å²) in [6, 6.07) is 17.1. The van der Waals surface area contributed by atoms with Crippen molar-refractivity contribution in [3.05, 3.63) is 95.4 Å². The number of benzene rings is 2. The molecule has 0 aliphatic carbocycles. The molecule has 2 aliphatic rings. The number of hydrogen-bond acceptors (Lipinski definition) is 5. The van der Waals surface area contributed by atoms with Gasteiger partial charge in [-0.25, -0.2) is 0 Å². The van der Waals surface area contributed by atoms with Crippen molar-refractivity contribution in [1.82, 2.24) is 20.5 Å². The molecule has 7 nitrogen and oxygen atoms in total. The van der Waals surface area contributed by atoms with Crippen molar-refractivity contribution in [3.63, 3.8) is 0 Å². The van der Waals surface area contributed by atoms with E-state index in [1.54, 1.807) is 24.3 Å². The van der Waals surface area contributed by atoms with E-state index in [0.29, 0.717) is 23.7 Å². The molecule has 0 spiro atoms. The standard InChI is InChI=1S/C26H24N4O3/c1-16-10-11-27-23(12-16)18-4-7-20(8-5-18)26(25(32)28-17(2)29-26)15-30-14-19-6-9-21(33-3)13-22(19)24(30)31/h4-13,29H,2,14-15H2,1,3H3,(H,28,32)/t26-/m0/s1. The molecule has 3 heterocycles. The number of fused-ring (bicyclic) bond motifs is 1. The zero-order valence-corrected chi connectivity index (χ0v) is 18.5. The highest BCUT2D eigenvalue weighted by atomic mass is 16.5. The second-order valence-corrected chi connectivity index (χ2v) is 8.44. The number of nitrogens with zero attached hydrogens (tertiary/aromatic N) is 2. The van der Waals surface area contributed by atoms with E-state index in [9.17, 15) is 9.59 Å². The van der Waals surface area contributed by atoms with Gasteiger partial charge < -0.3 is 20.3 Å². The molecule has 1 aromatic heterocycles. The average molecular weight is 441 g/mol. The van der Waals surface area contributed by atoms with E-state index in [2.05, 4.69) is 22.2 Å². The first-order valence-electron chi connectivity index (χ1n) is 10.7. The van der Waals surface area contributed by atoms with Crippen LogP contribution in [0.5, 0.6) is 5.75 Å². The summed E-state index contributed by atoms with van der Waals surface area (Å²) in [5.41, 5.74) is 4.05. The molecule has 0 unspecified atom stereocenters. The summed E-state index contributed by atoms with van der Waals surface area (Å²) in [4.78, 5) is 32.5. The van der Waals surface area contributed by atoms with Gasteiger partial charge >= 0.3 is 0 Å². The van der Waals surface area contributed by atoms with E-state index in [-0.39, 0.29) is 18.4 Å². The summed E-state index contributed by atoms with van der Waals surface area (Å²) < 4.78 is 5.27. The Balaban J connectivity index is 1.48. The number of ether oxygens (including phenoxy) is 1. The number of amides is 2. The van der Waals surface area contributed by atoms with Crippen LogP contribution in [0, 0.1) is 6.92 Å². The molecule has 0 radical (unpaired) electrons. The van der Waals surface area contributed by atoms with Crippen molar-refractivity contribution >= 4 is 11.8 Å². The molecule has 2 aliphatic heterocycles. The number of aromatic nitrogens is 1. The molecule has 0 bridgehead atoms. The van der Waals surface area contributed by atoms with Gasteiger partial charge in [0.1, 0.15) is 5.75 Å². The largest absolute Gasteiger partial charge is 0.497 e. The highest BCUT2D eigenvalue weighted by Crippen LogP contribution is 2.34. The first-order valence-corrected chi connectivity index (χ1v) is 10.7. The van der Waals surface area contributed by atoms with Gasteiger partial charge in [-0.3, -0.25) is 14.6 Å². The average Bonchev–Trinajstić information content (AvgIpc) is 3.28. The van der Waals surface area contributed by atoms with E-state index in [1.165, 1.54) is 0 Å². The normalized spacial score (nSPS) is 19.3. The Morgan fingerprint density at radius 3 is 2.58 bits per heavy atom. The van der Waals surface area contributed by atoms with Gasteiger partial charge in [0.15, 0.2) is 5.54 Å². The molecular formula is C26H24N4O3. The summed E-state index contributed by atoms with van der Waals surface area (Å²) in [5, 5.41) is 5.98. The second kappa shape index (κ2) is 7.78. The Morgan fingerprint density at radius 2 is 1.91 bits per heavy atom. The lowest BCUT2D eigenvalue weighted by Gasteiger charge is -2.32. The van der Waals surface area contributed by atoms with Crippen molar-refractivity contribution in [2.75, 3.05) is 13.7 Å². The molecule has 1 saturated heterocycles. The Bertz CT molecular complexity index is 1280. The summed E-state index contributed by atoms with van der Waals surface area (Å²) in [7, 11) is 1.57. The van der Waals surface area contributed by atoms with Crippen LogP contribution >= 0.6 is 0 Å². The van der Waals surface area contributed by atoms with Gasteiger partial charge in [0.25, 0.3) is 11.8 Å². The van der Waals surface area contributed by atoms with E-state index in [4.69, 9.17) is 4.74 Å². The third kappa shape index (κ3) is 3.51. The number of rotatable bonds is 5. The lowest BCUT2D eigenvalue weighted by atomic mass is 9.88. The maximum absolute atomic E-state index is 13.2. The van der Waals surface area contributed by atoms with Gasteiger partial charge in [-0.2, -0.15) is 0 Å². The van der Waals surface area contributed by atoms with Crippen LogP contribution in [0.3, 0.4) is 0 Å². The van der Waals surface area contributed by atoms with Crippen LogP contribution < -0.4 is 15.4 Å². The molecule has 7 heteroatoms. The van der Waals surface area contributed by atoms with Crippen LogP contribution in [0.2, 0.25) is 0 Å². The maximum Gasteiger partial charge on any atom is 0.257 e. The van der Waals surface area contributed by atoms with Crippen LogP contribution in [0.25, 0.3) is 11.3 Å². The minimum Gasteiger partial charge on any atom is -0.497 e. The molecule has 2 aromatic carbocycles. The summed E-state index contributed by atoms with van der Waals surface area (Å²) >= 11 is 0. The van der Waals surface area contributed by atoms with Crippen LogP contribution in [-0.4, -0.2) is 35.4 Å². The maximum atomic E-state index is 13.2. The number of pyridine rings is 1. The Labute approximate surface area is 192 Å². The number of hydrogen-bond donors (Lipinski definition) is 2. The van der Waals surface area contributed by atoms with Gasteiger partial charge in [-0.15, -0.1) is 0 Å². The van der Waals surface area contributed by atoms with E-state index in [0.717, 1.165) is 27.9 Å². The molecule has 5 rings (SSSR count). The third-order valence-electron chi connectivity index (χ3n) is 6.23. The Hall–Kier alpha value is -4.13. The monoisotopic (exact) mass is 440 g/mol. The molecule has 1 atom stereocenters. The van der Waals surface area contributed by atoms with E-state index >= 15 is 0 Å². The third-order valence-corrected chi connectivity index (χ3v) is 6.23. The van der Waals surface area contributed by atoms with Crippen molar-refractivity contribution in [2.45, 2.75) is 19.0 Å². The second-order valence-electron chi connectivity index (χ2n) is 8.44. The number of carbonyl (C=O) groups is 2. The van der Waals surface area contributed by atoms with Crippen molar-refractivity contribution < 1.29 is 14.3 Å². The molecule has 1 fully saturated rings. The van der Waals surface area contributed by atoms with Crippen molar-refractivity contribution in [1.29, 1.82) is 0 Å². The van der Waals surface area contributed by atoms with Gasteiger partial charge in [0, 0.05) is 23.9 Å². The van der Waals surface area contributed by atoms with Crippen LogP contribution in [-0.2, 0) is 16.9 Å². The lowest BCUT2D eigenvalue weighted by Crippen LogP contribution is -2.52. The van der Waals surface area contributed by atoms with Gasteiger partial charge in [-0.1, -0.05) is 36.9 Å². The number of nitrogens with one attached hydrogen (secondary N) is 2. The van der Waals surface area contributed by atoms with Gasteiger partial charge in [-0.05, 0) is 47.9 Å². The Morgan fingerprint density at radius 1 is 1.12 bits per heavy atom. The fourth-order valence-electron chi connectivity index (χ4n) is 4.50. The first kappa shape index (κ1) is 20.8. The predicted octanol–water partition coefficient (Wildman–Crippen LogP) is 3.11.